The Kier molecular flexibility index (Phi) is 2.73. The van der Waals surface area contributed by atoms with Crippen molar-refractivity contribution in [2.45, 2.75) is 45.1 Å². The second-order valence-corrected chi connectivity index (χ2v) is 4.87. The molecule has 5 nitrogen and oxygen atoms in total. The van der Waals surface area contributed by atoms with E-state index in [0.717, 1.165) is 12.8 Å². The molecule has 3 N–H and O–H groups in total. The van der Waals surface area contributed by atoms with Crippen molar-refractivity contribution in [1.82, 2.24) is 20.6 Å². The highest BCUT2D eigenvalue weighted by Crippen LogP contribution is 2.41. The van der Waals surface area contributed by atoms with Gasteiger partial charge in [0.15, 0.2) is 5.82 Å². The molecule has 0 amide bonds. The number of nitrogens with two attached hydrogens (primary N) is 1. The molecule has 1 heterocycles. The van der Waals surface area contributed by atoms with Crippen LogP contribution in [0.4, 0.5) is 0 Å². The van der Waals surface area contributed by atoms with Crippen molar-refractivity contribution in [3.05, 3.63) is 5.82 Å². The first-order chi connectivity index (χ1) is 7.14. The average Bonchev–Trinajstić information content (AvgIpc) is 2.71. The first kappa shape index (κ1) is 10.5. The number of tetrazole rings is 1. The third-order valence-corrected chi connectivity index (χ3v) is 3.58. The summed E-state index contributed by atoms with van der Waals surface area (Å²) in [4.78, 5) is 0. The van der Waals surface area contributed by atoms with Crippen molar-refractivity contribution in [2.24, 2.45) is 17.6 Å². The van der Waals surface area contributed by atoms with Crippen LogP contribution in [0.2, 0.25) is 0 Å². The second-order valence-electron chi connectivity index (χ2n) is 4.87. The highest BCUT2D eigenvalue weighted by atomic mass is 15.5. The number of nitrogens with zero attached hydrogens (tertiary/aromatic N) is 3. The van der Waals surface area contributed by atoms with Gasteiger partial charge in [-0.25, -0.2) is 0 Å². The van der Waals surface area contributed by atoms with Gasteiger partial charge >= 0.3 is 0 Å². The van der Waals surface area contributed by atoms with Crippen LogP contribution in [-0.2, 0) is 5.54 Å². The molecular weight excluding hydrogens is 190 g/mol. The summed E-state index contributed by atoms with van der Waals surface area (Å²) in [5.41, 5.74) is 6.11. The van der Waals surface area contributed by atoms with E-state index in [1.54, 1.807) is 0 Å². The van der Waals surface area contributed by atoms with Crippen LogP contribution in [0.15, 0.2) is 0 Å². The third kappa shape index (κ3) is 1.76. The zero-order chi connectivity index (χ0) is 10.9. The molecule has 84 valence electrons. The van der Waals surface area contributed by atoms with Crippen molar-refractivity contribution in [3.63, 3.8) is 0 Å². The fraction of sp³-hybridized carbons (Fsp3) is 0.900. The van der Waals surface area contributed by atoms with Gasteiger partial charge in [-0.1, -0.05) is 31.9 Å². The Hall–Kier alpha value is -0.970. The number of aromatic amines is 1. The summed E-state index contributed by atoms with van der Waals surface area (Å²) in [5, 5.41) is 14.3. The van der Waals surface area contributed by atoms with Crippen LogP contribution in [0.5, 0.6) is 0 Å². The monoisotopic (exact) mass is 209 g/mol. The maximum atomic E-state index is 6.48. The lowest BCUT2D eigenvalue weighted by Crippen LogP contribution is -2.49. The van der Waals surface area contributed by atoms with E-state index in [4.69, 9.17) is 5.73 Å². The molecule has 1 aromatic rings. The first-order valence-corrected chi connectivity index (χ1v) is 5.67. The Morgan fingerprint density at radius 1 is 1.47 bits per heavy atom. The number of H-pyrrole nitrogens is 1. The smallest absolute Gasteiger partial charge is 0.194 e. The zero-order valence-electron chi connectivity index (χ0n) is 9.40. The average molecular weight is 209 g/mol. The quantitative estimate of drug-likeness (QED) is 0.767. The summed E-state index contributed by atoms with van der Waals surface area (Å²) in [5.74, 6) is 1.71. The van der Waals surface area contributed by atoms with Crippen LogP contribution < -0.4 is 5.73 Å². The molecule has 0 bridgehead atoms. The molecule has 2 atom stereocenters. The van der Waals surface area contributed by atoms with Crippen LogP contribution in [0.25, 0.3) is 0 Å². The summed E-state index contributed by atoms with van der Waals surface area (Å²) < 4.78 is 0. The molecule has 1 saturated carbocycles. The van der Waals surface area contributed by atoms with Crippen LogP contribution >= 0.6 is 0 Å². The Bertz CT molecular complexity index is 308. The molecule has 0 spiro atoms. The predicted molar refractivity (Wildman–Crippen MR) is 56.8 cm³/mol. The van der Waals surface area contributed by atoms with Gasteiger partial charge in [0, 0.05) is 0 Å². The minimum absolute atomic E-state index is 0.376. The second kappa shape index (κ2) is 3.89. The van der Waals surface area contributed by atoms with E-state index in [9.17, 15) is 0 Å². The van der Waals surface area contributed by atoms with Gasteiger partial charge in [-0.3, -0.25) is 0 Å². The van der Waals surface area contributed by atoms with Crippen molar-refractivity contribution >= 4 is 0 Å². The van der Waals surface area contributed by atoms with Crippen LogP contribution in [-0.4, -0.2) is 20.6 Å². The van der Waals surface area contributed by atoms with Crippen molar-refractivity contribution in [2.75, 3.05) is 0 Å². The Labute approximate surface area is 89.8 Å². The fourth-order valence-corrected chi connectivity index (χ4v) is 2.79. The highest BCUT2D eigenvalue weighted by Gasteiger charge is 2.43. The number of aromatic nitrogens is 4. The molecule has 15 heavy (non-hydrogen) atoms. The van der Waals surface area contributed by atoms with Crippen LogP contribution in [0, 0.1) is 11.8 Å². The van der Waals surface area contributed by atoms with E-state index in [1.807, 2.05) is 0 Å². The molecule has 0 radical (unpaired) electrons. The summed E-state index contributed by atoms with van der Waals surface area (Å²) in [6, 6.07) is 0. The Morgan fingerprint density at radius 2 is 2.27 bits per heavy atom. The lowest BCUT2D eigenvalue weighted by atomic mass is 9.68. The predicted octanol–water partition coefficient (Wildman–Crippen LogP) is 1.20. The molecule has 1 aliphatic carbocycles. The summed E-state index contributed by atoms with van der Waals surface area (Å²) in [7, 11) is 0. The number of rotatable bonds is 2. The molecule has 2 rings (SSSR count). The molecule has 1 aliphatic rings. The van der Waals surface area contributed by atoms with E-state index in [0.29, 0.717) is 17.7 Å². The number of hydrogen-bond donors (Lipinski definition) is 2. The lowest BCUT2D eigenvalue weighted by Gasteiger charge is -2.41. The van der Waals surface area contributed by atoms with Gasteiger partial charge in [0.2, 0.25) is 0 Å². The van der Waals surface area contributed by atoms with Gasteiger partial charge in [0.1, 0.15) is 0 Å². The molecule has 1 aromatic heterocycles. The van der Waals surface area contributed by atoms with Crippen molar-refractivity contribution < 1.29 is 0 Å². The molecule has 5 heteroatoms. The third-order valence-electron chi connectivity index (χ3n) is 3.58. The molecule has 0 aliphatic heterocycles. The van der Waals surface area contributed by atoms with E-state index >= 15 is 0 Å². The minimum Gasteiger partial charge on any atom is -0.318 e. The molecular formula is C10H19N5. The standard InChI is InChI=1S/C10H19N5/c1-7(2)8-5-3-4-6-10(8,11)9-12-14-15-13-9/h7-8H,3-6,11H2,1-2H3,(H,12,13,14,15). The maximum Gasteiger partial charge on any atom is 0.194 e. The van der Waals surface area contributed by atoms with Gasteiger partial charge in [-0.15, -0.1) is 10.2 Å². The zero-order valence-corrected chi connectivity index (χ0v) is 9.40. The number of hydrogen-bond acceptors (Lipinski definition) is 4. The van der Waals surface area contributed by atoms with Gasteiger partial charge in [-0.2, -0.15) is 5.21 Å². The Balaban J connectivity index is 2.30. The summed E-state index contributed by atoms with van der Waals surface area (Å²) >= 11 is 0. The van der Waals surface area contributed by atoms with E-state index in [-0.39, 0.29) is 5.54 Å². The highest BCUT2D eigenvalue weighted by molar-refractivity contribution is 5.07. The maximum absolute atomic E-state index is 6.48. The summed E-state index contributed by atoms with van der Waals surface area (Å²) in [6.45, 7) is 4.44. The number of nitrogens with one attached hydrogen (secondary N) is 1. The van der Waals surface area contributed by atoms with Crippen molar-refractivity contribution in [3.8, 4) is 0 Å². The largest absolute Gasteiger partial charge is 0.318 e. The fourth-order valence-electron chi connectivity index (χ4n) is 2.79. The molecule has 1 fully saturated rings. The Morgan fingerprint density at radius 3 is 2.87 bits per heavy atom. The van der Waals surface area contributed by atoms with E-state index in [2.05, 4.69) is 34.5 Å². The van der Waals surface area contributed by atoms with Gasteiger partial charge in [-0.05, 0) is 24.7 Å². The van der Waals surface area contributed by atoms with Crippen LogP contribution in [0.1, 0.15) is 45.4 Å². The SMILES string of the molecule is CC(C)C1CCCCC1(N)c1nn[nH]n1. The molecule has 0 saturated heterocycles. The topological polar surface area (TPSA) is 80.5 Å². The summed E-state index contributed by atoms with van der Waals surface area (Å²) in [6.07, 6.45) is 4.56. The first-order valence-electron chi connectivity index (χ1n) is 5.67. The van der Waals surface area contributed by atoms with Gasteiger partial charge in [0.25, 0.3) is 0 Å². The van der Waals surface area contributed by atoms with Crippen LogP contribution in [0.3, 0.4) is 0 Å². The van der Waals surface area contributed by atoms with E-state index in [1.165, 1.54) is 12.8 Å². The molecule has 2 unspecified atom stereocenters. The normalized spacial score (nSPS) is 32.1. The lowest BCUT2D eigenvalue weighted by molar-refractivity contribution is 0.132. The van der Waals surface area contributed by atoms with Gasteiger partial charge < -0.3 is 5.73 Å². The van der Waals surface area contributed by atoms with Gasteiger partial charge in [0.05, 0.1) is 5.54 Å². The van der Waals surface area contributed by atoms with Crippen molar-refractivity contribution in [1.29, 1.82) is 0 Å². The van der Waals surface area contributed by atoms with E-state index < -0.39 is 0 Å². The minimum atomic E-state index is -0.376. The molecule has 0 aromatic carbocycles.